The number of carbonyl (C=O) groups excluding carboxylic acids is 1. The second-order valence-electron chi connectivity index (χ2n) is 7.29. The molecule has 1 heterocycles. The highest BCUT2D eigenvalue weighted by molar-refractivity contribution is 7.91. The van der Waals surface area contributed by atoms with Gasteiger partial charge in [0.05, 0.1) is 10.6 Å². The number of amides is 1. The number of nitrogens with zero attached hydrogens (tertiary/aromatic N) is 2. The summed E-state index contributed by atoms with van der Waals surface area (Å²) < 4.78 is 24.9. The van der Waals surface area contributed by atoms with E-state index in [0.717, 1.165) is 16.3 Å². The predicted molar refractivity (Wildman–Crippen MR) is 115 cm³/mol. The number of fused-ring (bicyclic) bond motifs is 1. The molecule has 150 valence electrons. The number of piperazine rings is 1. The number of hydrogen-bond donors (Lipinski definition) is 0. The van der Waals surface area contributed by atoms with Gasteiger partial charge in [0.25, 0.3) is 5.91 Å². The Balaban J connectivity index is 1.36. The highest BCUT2D eigenvalue weighted by Crippen LogP contribution is 2.21. The molecule has 0 unspecified atom stereocenters. The Morgan fingerprint density at radius 2 is 1.45 bits per heavy atom. The van der Waals surface area contributed by atoms with Crippen molar-refractivity contribution in [3.05, 3.63) is 78.4 Å². The van der Waals surface area contributed by atoms with Crippen LogP contribution in [0.15, 0.2) is 77.7 Å². The fourth-order valence-corrected chi connectivity index (χ4v) is 5.06. The van der Waals surface area contributed by atoms with Crippen molar-refractivity contribution in [3.8, 4) is 0 Å². The van der Waals surface area contributed by atoms with Gasteiger partial charge in [-0.3, -0.25) is 9.69 Å². The lowest BCUT2D eigenvalue weighted by atomic mass is 10.0. The van der Waals surface area contributed by atoms with Gasteiger partial charge in [-0.1, -0.05) is 54.6 Å². The summed E-state index contributed by atoms with van der Waals surface area (Å²) in [6.45, 7) is 3.05. The van der Waals surface area contributed by atoms with Gasteiger partial charge in [-0.05, 0) is 29.0 Å². The quantitative estimate of drug-likeness (QED) is 0.651. The molecule has 0 radical (unpaired) electrons. The molecule has 0 bridgehead atoms. The fourth-order valence-electron chi connectivity index (χ4n) is 3.75. The Morgan fingerprint density at radius 3 is 2.21 bits per heavy atom. The molecule has 0 aromatic heterocycles. The minimum Gasteiger partial charge on any atom is -0.336 e. The monoisotopic (exact) mass is 408 g/mol. The summed E-state index contributed by atoms with van der Waals surface area (Å²) in [4.78, 5) is 17.4. The standard InChI is InChI=1S/C23H24N2O3S/c26-23(22-12-6-8-19-7-4-5-11-21(19)22)25-15-13-24(14-16-25)17-18-29(27,28)20-9-2-1-3-10-20/h1-12H,13-18H2. The van der Waals surface area contributed by atoms with Gasteiger partial charge < -0.3 is 4.90 Å². The van der Waals surface area contributed by atoms with Crippen LogP contribution in [0.1, 0.15) is 10.4 Å². The zero-order valence-corrected chi connectivity index (χ0v) is 17.0. The minimum atomic E-state index is -3.28. The average molecular weight is 409 g/mol. The van der Waals surface area contributed by atoms with Crippen molar-refractivity contribution in [1.82, 2.24) is 9.80 Å². The summed E-state index contributed by atoms with van der Waals surface area (Å²) in [5.41, 5.74) is 0.725. The molecule has 6 heteroatoms. The van der Waals surface area contributed by atoms with Crippen LogP contribution in [0, 0.1) is 0 Å². The number of sulfone groups is 1. The molecule has 1 saturated heterocycles. The van der Waals surface area contributed by atoms with Gasteiger partial charge in [-0.15, -0.1) is 0 Å². The third kappa shape index (κ3) is 4.33. The van der Waals surface area contributed by atoms with Crippen LogP contribution in [0.2, 0.25) is 0 Å². The summed E-state index contributed by atoms with van der Waals surface area (Å²) in [6, 6.07) is 22.3. The summed E-state index contributed by atoms with van der Waals surface area (Å²) in [7, 11) is -3.28. The van der Waals surface area contributed by atoms with E-state index in [1.165, 1.54) is 0 Å². The zero-order chi connectivity index (χ0) is 20.3. The van der Waals surface area contributed by atoms with E-state index in [0.29, 0.717) is 37.6 Å². The summed E-state index contributed by atoms with van der Waals surface area (Å²) in [5.74, 6) is 0.132. The average Bonchev–Trinajstić information content (AvgIpc) is 2.78. The zero-order valence-electron chi connectivity index (χ0n) is 16.2. The van der Waals surface area contributed by atoms with Crippen LogP contribution in [0.3, 0.4) is 0 Å². The van der Waals surface area contributed by atoms with E-state index in [1.54, 1.807) is 24.3 Å². The van der Waals surface area contributed by atoms with E-state index in [9.17, 15) is 13.2 Å². The topological polar surface area (TPSA) is 57.7 Å². The minimum absolute atomic E-state index is 0.0401. The first-order valence-electron chi connectivity index (χ1n) is 9.82. The van der Waals surface area contributed by atoms with E-state index in [-0.39, 0.29) is 11.7 Å². The SMILES string of the molecule is O=C(c1cccc2ccccc12)N1CCN(CCS(=O)(=O)c2ccccc2)CC1. The maximum atomic E-state index is 13.0. The Labute approximate surface area is 171 Å². The van der Waals surface area contributed by atoms with Crippen molar-refractivity contribution < 1.29 is 13.2 Å². The molecular weight excluding hydrogens is 384 g/mol. The lowest BCUT2D eigenvalue weighted by molar-refractivity contribution is 0.0646. The first kappa shape index (κ1) is 19.6. The maximum Gasteiger partial charge on any atom is 0.254 e. The number of carbonyl (C=O) groups is 1. The molecule has 3 aromatic carbocycles. The van der Waals surface area contributed by atoms with E-state index in [1.807, 2.05) is 53.4 Å². The molecule has 29 heavy (non-hydrogen) atoms. The van der Waals surface area contributed by atoms with Gasteiger partial charge in [-0.2, -0.15) is 0 Å². The van der Waals surface area contributed by atoms with Gasteiger partial charge >= 0.3 is 0 Å². The molecule has 0 aliphatic carbocycles. The van der Waals surface area contributed by atoms with Crippen LogP contribution in [0.25, 0.3) is 10.8 Å². The second kappa shape index (κ2) is 8.35. The summed E-state index contributed by atoms with van der Waals surface area (Å²) in [6.07, 6.45) is 0. The third-order valence-electron chi connectivity index (χ3n) is 5.46. The summed E-state index contributed by atoms with van der Waals surface area (Å²) in [5, 5.41) is 2.03. The molecule has 3 aromatic rings. The smallest absolute Gasteiger partial charge is 0.254 e. The van der Waals surface area contributed by atoms with Gasteiger partial charge in [0.2, 0.25) is 0 Å². The molecule has 1 fully saturated rings. The molecule has 0 N–H and O–H groups in total. The van der Waals surface area contributed by atoms with E-state index in [4.69, 9.17) is 0 Å². The van der Waals surface area contributed by atoms with Crippen molar-refractivity contribution in [1.29, 1.82) is 0 Å². The number of hydrogen-bond acceptors (Lipinski definition) is 4. The van der Waals surface area contributed by atoms with Crippen LogP contribution in [-0.2, 0) is 9.84 Å². The van der Waals surface area contributed by atoms with Crippen LogP contribution in [0.5, 0.6) is 0 Å². The van der Waals surface area contributed by atoms with Crippen LogP contribution >= 0.6 is 0 Å². The fraction of sp³-hybridized carbons (Fsp3) is 0.261. The first-order chi connectivity index (χ1) is 14.0. The number of benzene rings is 3. The van der Waals surface area contributed by atoms with Gasteiger partial charge in [0.15, 0.2) is 9.84 Å². The molecule has 1 aliphatic rings. The van der Waals surface area contributed by atoms with Crippen molar-refractivity contribution >= 4 is 26.5 Å². The Kier molecular flexibility index (Phi) is 5.65. The number of rotatable bonds is 5. The predicted octanol–water partition coefficient (Wildman–Crippen LogP) is 3.07. The third-order valence-corrected chi connectivity index (χ3v) is 7.17. The maximum absolute atomic E-state index is 13.0. The molecule has 1 aliphatic heterocycles. The van der Waals surface area contributed by atoms with Crippen molar-refractivity contribution in [2.75, 3.05) is 38.5 Å². The summed E-state index contributed by atoms with van der Waals surface area (Å²) >= 11 is 0. The van der Waals surface area contributed by atoms with E-state index in [2.05, 4.69) is 4.90 Å². The van der Waals surface area contributed by atoms with E-state index >= 15 is 0 Å². The molecular formula is C23H24N2O3S. The first-order valence-corrected chi connectivity index (χ1v) is 11.5. The molecule has 0 saturated carbocycles. The Bertz CT molecular complexity index is 1100. The molecule has 0 spiro atoms. The molecule has 5 nitrogen and oxygen atoms in total. The second-order valence-corrected chi connectivity index (χ2v) is 9.40. The van der Waals surface area contributed by atoms with Crippen LogP contribution < -0.4 is 0 Å². The van der Waals surface area contributed by atoms with Gasteiger partial charge in [0, 0.05) is 38.3 Å². The Hall–Kier alpha value is -2.70. The van der Waals surface area contributed by atoms with Gasteiger partial charge in [-0.25, -0.2) is 8.42 Å². The van der Waals surface area contributed by atoms with Crippen molar-refractivity contribution in [2.24, 2.45) is 0 Å². The molecule has 4 rings (SSSR count). The van der Waals surface area contributed by atoms with Crippen molar-refractivity contribution in [2.45, 2.75) is 4.90 Å². The highest BCUT2D eigenvalue weighted by atomic mass is 32.2. The van der Waals surface area contributed by atoms with Crippen molar-refractivity contribution in [3.63, 3.8) is 0 Å². The lowest BCUT2D eigenvalue weighted by Gasteiger charge is -2.34. The largest absolute Gasteiger partial charge is 0.336 e. The molecule has 1 amide bonds. The van der Waals surface area contributed by atoms with Crippen LogP contribution in [-0.4, -0.2) is 62.6 Å². The highest BCUT2D eigenvalue weighted by Gasteiger charge is 2.24. The normalized spacial score (nSPS) is 15.5. The van der Waals surface area contributed by atoms with Gasteiger partial charge in [0.1, 0.15) is 0 Å². The van der Waals surface area contributed by atoms with Crippen LogP contribution in [0.4, 0.5) is 0 Å². The molecule has 0 atom stereocenters. The van der Waals surface area contributed by atoms with E-state index < -0.39 is 9.84 Å². The lowest BCUT2D eigenvalue weighted by Crippen LogP contribution is -2.49. The Morgan fingerprint density at radius 1 is 0.793 bits per heavy atom.